The van der Waals surface area contributed by atoms with Crippen molar-refractivity contribution < 1.29 is 16.8 Å². The third kappa shape index (κ3) is 8.01. The Morgan fingerprint density at radius 2 is 1.17 bits per heavy atom. The first-order valence-electron chi connectivity index (χ1n) is 5.01. The van der Waals surface area contributed by atoms with Crippen molar-refractivity contribution in [3.63, 3.8) is 0 Å². The Morgan fingerprint density at radius 3 is 1.39 bits per heavy atom. The van der Waals surface area contributed by atoms with E-state index in [1.54, 1.807) is 0 Å². The van der Waals surface area contributed by atoms with Crippen molar-refractivity contribution in [3.05, 3.63) is 0 Å². The SMILES string of the molecule is CC(Cl)S(=O)(=O)CCNCCS(=O)(=O)C(C)Cl.Cl. The van der Waals surface area contributed by atoms with Crippen LogP contribution in [0.5, 0.6) is 0 Å². The number of sulfone groups is 2. The molecule has 0 spiro atoms. The van der Waals surface area contributed by atoms with Crippen molar-refractivity contribution in [3.8, 4) is 0 Å². The minimum Gasteiger partial charge on any atom is -0.315 e. The highest BCUT2D eigenvalue weighted by Crippen LogP contribution is 2.06. The molecule has 5 nitrogen and oxygen atoms in total. The van der Waals surface area contributed by atoms with Gasteiger partial charge in [-0.1, -0.05) is 0 Å². The molecule has 0 aliphatic heterocycles. The summed E-state index contributed by atoms with van der Waals surface area (Å²) in [5, 5.41) is 2.73. The Bertz CT molecular complexity index is 380. The first-order valence-corrected chi connectivity index (χ1v) is 9.32. The second kappa shape index (κ2) is 8.81. The fraction of sp³-hybridized carbons (Fsp3) is 1.00. The lowest BCUT2D eigenvalue weighted by Gasteiger charge is -2.08. The lowest BCUT2D eigenvalue weighted by molar-refractivity contribution is 0.586. The van der Waals surface area contributed by atoms with Crippen LogP contribution in [0, 0.1) is 0 Å². The van der Waals surface area contributed by atoms with E-state index in [9.17, 15) is 16.8 Å². The molecular formula is C8H18Cl3NO4S2. The fourth-order valence-corrected chi connectivity index (χ4v) is 2.92. The van der Waals surface area contributed by atoms with E-state index in [0.717, 1.165) is 0 Å². The maximum Gasteiger partial charge on any atom is 0.168 e. The van der Waals surface area contributed by atoms with E-state index >= 15 is 0 Å². The van der Waals surface area contributed by atoms with Crippen molar-refractivity contribution in [2.45, 2.75) is 23.3 Å². The molecule has 0 aliphatic carbocycles. The third-order valence-corrected chi connectivity index (χ3v) is 7.27. The fourth-order valence-electron chi connectivity index (χ4n) is 0.879. The molecule has 112 valence electrons. The quantitative estimate of drug-likeness (QED) is 0.514. The number of rotatable bonds is 8. The first-order chi connectivity index (χ1) is 7.59. The van der Waals surface area contributed by atoms with Crippen LogP contribution in [0.25, 0.3) is 0 Å². The normalized spacial score (nSPS) is 15.8. The summed E-state index contributed by atoms with van der Waals surface area (Å²) >= 11 is 10.9. The first kappa shape index (κ1) is 21.0. The average Bonchev–Trinajstić information content (AvgIpc) is 2.16. The monoisotopic (exact) mass is 361 g/mol. The van der Waals surface area contributed by atoms with Crippen LogP contribution in [0.1, 0.15) is 13.8 Å². The smallest absolute Gasteiger partial charge is 0.168 e. The Morgan fingerprint density at radius 1 is 0.889 bits per heavy atom. The molecule has 10 heteroatoms. The van der Waals surface area contributed by atoms with Crippen molar-refractivity contribution in [2.24, 2.45) is 0 Å². The van der Waals surface area contributed by atoms with Gasteiger partial charge in [-0.2, -0.15) is 0 Å². The van der Waals surface area contributed by atoms with Crippen LogP contribution < -0.4 is 5.32 Å². The van der Waals surface area contributed by atoms with Gasteiger partial charge in [0.2, 0.25) is 0 Å². The van der Waals surface area contributed by atoms with Gasteiger partial charge in [0.25, 0.3) is 0 Å². The zero-order valence-corrected chi connectivity index (χ0v) is 14.1. The predicted molar refractivity (Wildman–Crippen MR) is 78.3 cm³/mol. The van der Waals surface area contributed by atoms with E-state index < -0.39 is 29.1 Å². The van der Waals surface area contributed by atoms with Crippen LogP contribution in [-0.4, -0.2) is 50.8 Å². The molecule has 0 radical (unpaired) electrons. The van der Waals surface area contributed by atoms with Gasteiger partial charge in [-0.25, -0.2) is 16.8 Å². The molecule has 0 amide bonds. The van der Waals surface area contributed by atoms with Gasteiger partial charge in [0.15, 0.2) is 19.7 Å². The predicted octanol–water partition coefficient (Wildman–Crippen LogP) is 0.997. The van der Waals surface area contributed by atoms with Crippen LogP contribution in [-0.2, 0) is 19.7 Å². The van der Waals surface area contributed by atoms with Crippen molar-refractivity contribution in [1.29, 1.82) is 0 Å². The number of hydrogen-bond donors (Lipinski definition) is 1. The summed E-state index contributed by atoms with van der Waals surface area (Å²) in [6, 6.07) is 0. The molecule has 0 aromatic heterocycles. The van der Waals surface area contributed by atoms with Gasteiger partial charge < -0.3 is 5.32 Å². The van der Waals surface area contributed by atoms with E-state index in [2.05, 4.69) is 5.32 Å². The van der Waals surface area contributed by atoms with Gasteiger partial charge in [-0.3, -0.25) is 0 Å². The van der Waals surface area contributed by atoms with Crippen LogP contribution in [0.3, 0.4) is 0 Å². The lowest BCUT2D eigenvalue weighted by Crippen LogP contribution is -2.31. The highest BCUT2D eigenvalue weighted by atomic mass is 35.5. The molecule has 0 saturated heterocycles. The van der Waals surface area contributed by atoms with E-state index in [4.69, 9.17) is 23.2 Å². The zero-order chi connectivity index (χ0) is 13.7. The molecule has 0 bridgehead atoms. The Kier molecular flexibility index (Phi) is 10.3. The lowest BCUT2D eigenvalue weighted by atomic mass is 10.7. The van der Waals surface area contributed by atoms with Crippen molar-refractivity contribution in [1.82, 2.24) is 5.32 Å². The molecule has 2 atom stereocenters. The molecule has 1 N–H and O–H groups in total. The van der Waals surface area contributed by atoms with E-state index in [1.165, 1.54) is 13.8 Å². The van der Waals surface area contributed by atoms with Gasteiger partial charge >= 0.3 is 0 Å². The minimum atomic E-state index is -3.30. The van der Waals surface area contributed by atoms with Crippen LogP contribution in [0.15, 0.2) is 0 Å². The molecule has 0 aromatic carbocycles. The molecule has 0 heterocycles. The van der Waals surface area contributed by atoms with E-state index in [1.807, 2.05) is 0 Å². The highest BCUT2D eigenvalue weighted by Gasteiger charge is 2.19. The summed E-state index contributed by atoms with van der Waals surface area (Å²) in [7, 11) is -6.61. The van der Waals surface area contributed by atoms with E-state index in [-0.39, 0.29) is 37.0 Å². The molecule has 0 aromatic rings. The second-order valence-corrected chi connectivity index (χ2v) is 10.3. The largest absolute Gasteiger partial charge is 0.315 e. The molecule has 0 rings (SSSR count). The Labute approximate surface area is 125 Å². The Hall–Kier alpha value is 0.730. The summed E-state index contributed by atoms with van der Waals surface area (Å²) in [5.41, 5.74) is 0. The summed E-state index contributed by atoms with van der Waals surface area (Å²) in [4.78, 5) is 0. The molecule has 0 aliphatic rings. The van der Waals surface area contributed by atoms with Gasteiger partial charge in [0.05, 0.1) is 11.5 Å². The molecule has 0 saturated carbocycles. The Balaban J connectivity index is 0. The van der Waals surface area contributed by atoms with Crippen LogP contribution >= 0.6 is 35.6 Å². The second-order valence-electron chi connectivity index (χ2n) is 3.57. The number of halogens is 3. The zero-order valence-electron chi connectivity index (χ0n) is 10.1. The maximum atomic E-state index is 11.3. The van der Waals surface area contributed by atoms with Crippen LogP contribution in [0.4, 0.5) is 0 Å². The summed E-state index contributed by atoms with van der Waals surface area (Å²) in [5.74, 6) is -0.234. The minimum absolute atomic E-state index is 0. The number of hydrogen-bond acceptors (Lipinski definition) is 5. The number of nitrogens with one attached hydrogen (secondary N) is 1. The molecular weight excluding hydrogens is 345 g/mol. The van der Waals surface area contributed by atoms with Gasteiger partial charge in [0, 0.05) is 13.1 Å². The number of alkyl halides is 2. The average molecular weight is 363 g/mol. The summed E-state index contributed by atoms with van der Waals surface area (Å²) in [6.07, 6.45) is 0. The van der Waals surface area contributed by atoms with Crippen molar-refractivity contribution >= 4 is 55.3 Å². The topological polar surface area (TPSA) is 80.3 Å². The standard InChI is InChI=1S/C8H17Cl2NO4S2.ClH/c1-7(9)16(12,13)5-3-11-4-6-17(14,15)8(2)10;/h7-8,11H,3-6H2,1-2H3;1H. The van der Waals surface area contributed by atoms with Gasteiger partial charge in [0.1, 0.15) is 9.42 Å². The van der Waals surface area contributed by atoms with Crippen molar-refractivity contribution in [2.75, 3.05) is 24.6 Å². The highest BCUT2D eigenvalue weighted by molar-refractivity contribution is 7.93. The third-order valence-electron chi connectivity index (χ3n) is 2.12. The maximum absolute atomic E-state index is 11.3. The van der Waals surface area contributed by atoms with E-state index in [0.29, 0.717) is 0 Å². The van der Waals surface area contributed by atoms with Gasteiger partial charge in [-0.05, 0) is 13.8 Å². The molecule has 0 fully saturated rings. The molecule has 2 unspecified atom stereocenters. The van der Waals surface area contributed by atoms with Crippen LogP contribution in [0.2, 0.25) is 0 Å². The molecule has 18 heavy (non-hydrogen) atoms. The van der Waals surface area contributed by atoms with Gasteiger partial charge in [-0.15, -0.1) is 35.6 Å². The summed E-state index contributed by atoms with van der Waals surface area (Å²) < 4.78 is 43.3. The summed E-state index contributed by atoms with van der Waals surface area (Å²) in [6.45, 7) is 3.12.